The molecule has 1 aliphatic heterocycles. The van der Waals surface area contributed by atoms with Gasteiger partial charge < -0.3 is 19.8 Å². The molecule has 4 aromatic rings. The van der Waals surface area contributed by atoms with Gasteiger partial charge >= 0.3 is 0 Å². The van der Waals surface area contributed by atoms with Gasteiger partial charge in [-0.3, -0.25) is 9.59 Å². The molecule has 1 amide bonds. The van der Waals surface area contributed by atoms with Crippen LogP contribution in [-0.2, 0) is 0 Å². The van der Waals surface area contributed by atoms with E-state index in [4.69, 9.17) is 0 Å². The molecule has 0 unspecified atom stereocenters. The number of hydrogen-bond acceptors (Lipinski definition) is 5. The standard InChI is InChI=1S/C21H20FN5O2S/c1-26(2)12-3-4-27(8-12)21(29)13-5-11-6-16(23-15(11)7-14(13)22)19-20(28)25-18-10-30-9-17(18)24-19/h5-7,9-10,12,23H,3-4,8H2,1-2H3,(H,25,28)/t12-/m0/s1. The summed E-state index contributed by atoms with van der Waals surface area (Å²) in [5.74, 6) is -0.887. The number of amides is 1. The Morgan fingerprint density at radius 3 is 2.83 bits per heavy atom. The summed E-state index contributed by atoms with van der Waals surface area (Å²) in [7, 11) is 3.96. The van der Waals surface area contributed by atoms with E-state index in [1.54, 1.807) is 17.0 Å². The van der Waals surface area contributed by atoms with Gasteiger partial charge in [0.05, 0.1) is 22.3 Å². The molecule has 1 saturated heterocycles. The molecule has 30 heavy (non-hydrogen) atoms. The van der Waals surface area contributed by atoms with Crippen molar-refractivity contribution < 1.29 is 9.18 Å². The molecule has 5 rings (SSSR count). The van der Waals surface area contributed by atoms with Crippen LogP contribution in [0.2, 0.25) is 0 Å². The highest BCUT2D eigenvalue weighted by Gasteiger charge is 2.29. The number of thiophene rings is 1. The van der Waals surface area contributed by atoms with Gasteiger partial charge in [0.25, 0.3) is 11.5 Å². The lowest BCUT2D eigenvalue weighted by molar-refractivity contribution is 0.0778. The number of likely N-dealkylation sites (N-methyl/N-ethyl adjacent to an activating group) is 1. The molecule has 0 aliphatic carbocycles. The molecule has 1 aliphatic rings. The zero-order chi connectivity index (χ0) is 21.0. The number of H-pyrrole nitrogens is 2. The molecule has 1 fully saturated rings. The minimum Gasteiger partial charge on any atom is -0.353 e. The summed E-state index contributed by atoms with van der Waals surface area (Å²) >= 11 is 1.45. The molecule has 7 nitrogen and oxygen atoms in total. The molecule has 3 aromatic heterocycles. The number of rotatable bonds is 3. The van der Waals surface area contributed by atoms with Gasteiger partial charge in [0.1, 0.15) is 5.82 Å². The number of halogens is 1. The average molecular weight is 425 g/mol. The molecule has 1 atom stereocenters. The smallest absolute Gasteiger partial charge is 0.276 e. The third-order valence-electron chi connectivity index (χ3n) is 5.71. The first-order valence-electron chi connectivity index (χ1n) is 9.65. The fourth-order valence-electron chi connectivity index (χ4n) is 3.97. The van der Waals surface area contributed by atoms with Crippen molar-refractivity contribution in [3.63, 3.8) is 0 Å². The maximum Gasteiger partial charge on any atom is 0.276 e. The van der Waals surface area contributed by atoms with E-state index in [2.05, 4.69) is 19.9 Å². The Morgan fingerprint density at radius 1 is 1.23 bits per heavy atom. The number of carbonyl (C=O) groups is 1. The molecular formula is C21H20FN5O2S. The van der Waals surface area contributed by atoms with Gasteiger partial charge in [-0.05, 0) is 38.7 Å². The first-order chi connectivity index (χ1) is 14.4. The summed E-state index contributed by atoms with van der Waals surface area (Å²) in [6.07, 6.45) is 0.871. The third-order valence-corrected chi connectivity index (χ3v) is 6.44. The van der Waals surface area contributed by atoms with Crippen LogP contribution >= 0.6 is 11.3 Å². The second kappa shape index (κ2) is 7.03. The highest BCUT2D eigenvalue weighted by Crippen LogP contribution is 2.27. The van der Waals surface area contributed by atoms with Gasteiger partial charge in [-0.2, -0.15) is 0 Å². The molecule has 4 heterocycles. The van der Waals surface area contributed by atoms with Gasteiger partial charge in [-0.25, -0.2) is 9.37 Å². The van der Waals surface area contributed by atoms with E-state index in [1.165, 1.54) is 17.4 Å². The van der Waals surface area contributed by atoms with Gasteiger partial charge in [-0.15, -0.1) is 11.3 Å². The molecule has 2 N–H and O–H groups in total. The Bertz CT molecular complexity index is 1340. The van der Waals surface area contributed by atoms with Crippen molar-refractivity contribution in [2.45, 2.75) is 12.5 Å². The highest BCUT2D eigenvalue weighted by atomic mass is 32.1. The predicted molar refractivity (Wildman–Crippen MR) is 115 cm³/mol. The largest absolute Gasteiger partial charge is 0.353 e. The monoisotopic (exact) mass is 425 g/mol. The lowest BCUT2D eigenvalue weighted by Crippen LogP contribution is -2.34. The summed E-state index contributed by atoms with van der Waals surface area (Å²) in [6.45, 7) is 1.19. The number of carbonyl (C=O) groups excluding carboxylic acids is 1. The van der Waals surface area contributed by atoms with Crippen molar-refractivity contribution in [1.29, 1.82) is 0 Å². The second-order valence-corrected chi connectivity index (χ2v) is 8.59. The van der Waals surface area contributed by atoms with Crippen LogP contribution in [0.3, 0.4) is 0 Å². The van der Waals surface area contributed by atoms with Crippen LogP contribution < -0.4 is 5.56 Å². The van der Waals surface area contributed by atoms with Crippen molar-refractivity contribution in [2.75, 3.05) is 27.2 Å². The van der Waals surface area contributed by atoms with Crippen molar-refractivity contribution in [1.82, 2.24) is 24.8 Å². The quantitative estimate of drug-likeness (QED) is 0.528. The zero-order valence-corrected chi connectivity index (χ0v) is 17.3. The van der Waals surface area contributed by atoms with Crippen LogP contribution in [0.4, 0.5) is 4.39 Å². The van der Waals surface area contributed by atoms with E-state index in [-0.39, 0.29) is 28.8 Å². The number of hydrogen-bond donors (Lipinski definition) is 2. The Hall–Kier alpha value is -3.04. The van der Waals surface area contributed by atoms with E-state index < -0.39 is 5.82 Å². The van der Waals surface area contributed by atoms with Crippen LogP contribution in [0, 0.1) is 5.82 Å². The fraction of sp³-hybridized carbons (Fsp3) is 0.286. The van der Waals surface area contributed by atoms with E-state index in [9.17, 15) is 14.0 Å². The predicted octanol–water partition coefficient (Wildman–Crippen LogP) is 3.05. The maximum atomic E-state index is 14.8. The van der Waals surface area contributed by atoms with E-state index >= 15 is 0 Å². The molecule has 0 bridgehead atoms. The van der Waals surface area contributed by atoms with Gasteiger partial charge in [-0.1, -0.05) is 0 Å². The van der Waals surface area contributed by atoms with Crippen LogP contribution in [0.15, 0.2) is 33.8 Å². The SMILES string of the molecule is CN(C)[C@H]1CCN(C(=O)c2cc3cc(-c4nc5cscc5[nH]c4=O)[nH]c3cc2F)C1. The zero-order valence-electron chi connectivity index (χ0n) is 16.5. The fourth-order valence-corrected chi connectivity index (χ4v) is 4.66. The minimum absolute atomic E-state index is 0.0441. The number of nitrogens with zero attached hydrogens (tertiary/aromatic N) is 3. The second-order valence-electron chi connectivity index (χ2n) is 7.84. The Kier molecular flexibility index (Phi) is 4.44. The number of aromatic nitrogens is 3. The van der Waals surface area contributed by atoms with Crippen molar-refractivity contribution in [3.05, 3.63) is 50.7 Å². The molecule has 0 radical (unpaired) electrons. The molecule has 1 aromatic carbocycles. The molecule has 0 spiro atoms. The highest BCUT2D eigenvalue weighted by molar-refractivity contribution is 7.09. The van der Waals surface area contributed by atoms with Gasteiger partial charge in [0.15, 0.2) is 5.69 Å². The molecule has 154 valence electrons. The summed E-state index contributed by atoms with van der Waals surface area (Å²) in [5, 5.41) is 4.33. The molecule has 9 heteroatoms. The lowest BCUT2D eigenvalue weighted by Gasteiger charge is -2.20. The number of aromatic amines is 2. The van der Waals surface area contributed by atoms with Gasteiger partial charge in [0.2, 0.25) is 0 Å². The van der Waals surface area contributed by atoms with Crippen molar-refractivity contribution in [3.8, 4) is 11.4 Å². The number of fused-ring (bicyclic) bond motifs is 2. The molecule has 0 saturated carbocycles. The summed E-state index contributed by atoms with van der Waals surface area (Å²) in [5.41, 5.74) is 2.33. The Morgan fingerprint density at radius 2 is 2.07 bits per heavy atom. The van der Waals surface area contributed by atoms with E-state index in [0.717, 1.165) is 6.42 Å². The third kappa shape index (κ3) is 3.10. The van der Waals surface area contributed by atoms with Crippen LogP contribution in [-0.4, -0.2) is 63.9 Å². The first kappa shape index (κ1) is 19.0. The van der Waals surface area contributed by atoms with E-state index in [0.29, 0.717) is 40.7 Å². The summed E-state index contributed by atoms with van der Waals surface area (Å²) < 4.78 is 14.8. The topological polar surface area (TPSA) is 85.1 Å². The summed E-state index contributed by atoms with van der Waals surface area (Å²) in [6, 6.07) is 4.87. The Labute approximate surface area is 175 Å². The van der Waals surface area contributed by atoms with E-state index in [1.807, 2.05) is 24.9 Å². The number of benzene rings is 1. The van der Waals surface area contributed by atoms with Crippen molar-refractivity contribution >= 4 is 39.2 Å². The van der Waals surface area contributed by atoms with Crippen LogP contribution in [0.5, 0.6) is 0 Å². The first-order valence-corrected chi connectivity index (χ1v) is 10.6. The van der Waals surface area contributed by atoms with Gasteiger partial charge in [0, 0.05) is 40.8 Å². The number of nitrogens with one attached hydrogen (secondary N) is 2. The lowest BCUT2D eigenvalue weighted by atomic mass is 10.1. The summed E-state index contributed by atoms with van der Waals surface area (Å²) in [4.78, 5) is 39.4. The average Bonchev–Trinajstić information content (AvgIpc) is 3.44. The molecular weight excluding hydrogens is 405 g/mol. The van der Waals surface area contributed by atoms with Crippen LogP contribution in [0.1, 0.15) is 16.8 Å². The minimum atomic E-state index is -0.579. The van der Waals surface area contributed by atoms with Crippen LogP contribution in [0.25, 0.3) is 33.3 Å². The Balaban J connectivity index is 1.52. The normalized spacial score (nSPS) is 16.9. The van der Waals surface area contributed by atoms with Crippen molar-refractivity contribution in [2.24, 2.45) is 0 Å². The maximum absolute atomic E-state index is 14.8. The number of likely N-dealkylation sites (tertiary alicyclic amines) is 1.